The molecule has 3 rings (SSSR count). The highest BCUT2D eigenvalue weighted by atomic mass is 32.1. The van der Waals surface area contributed by atoms with E-state index in [1.807, 2.05) is 6.92 Å². The number of amides is 2. The van der Waals surface area contributed by atoms with Crippen LogP contribution in [0.25, 0.3) is 11.3 Å². The number of unbranched alkanes of at least 4 members (excludes halogenated alkanes) is 2. The fraction of sp³-hybridized carbons (Fsp3) is 0.273. The number of pyridine rings is 1. The summed E-state index contributed by atoms with van der Waals surface area (Å²) in [6.45, 7) is 2.10. The molecule has 174 valence electrons. The largest absolute Gasteiger partial charge is 0.493 e. The fourth-order valence-electron chi connectivity index (χ4n) is 2.98. The van der Waals surface area contributed by atoms with Crippen molar-refractivity contribution < 1.29 is 27.5 Å². The van der Waals surface area contributed by atoms with Crippen LogP contribution in [0.5, 0.6) is 5.75 Å². The van der Waals surface area contributed by atoms with Gasteiger partial charge in [-0.1, -0.05) is 19.8 Å². The molecule has 0 fully saturated rings. The zero-order valence-corrected chi connectivity index (χ0v) is 18.4. The first-order valence-electron chi connectivity index (χ1n) is 10.1. The highest BCUT2D eigenvalue weighted by Gasteiger charge is 2.36. The molecule has 1 aromatic carbocycles. The van der Waals surface area contributed by atoms with Crippen molar-refractivity contribution >= 4 is 34.0 Å². The molecule has 0 saturated carbocycles. The third-order valence-corrected chi connectivity index (χ3v) is 5.41. The Morgan fingerprint density at radius 2 is 2.00 bits per heavy atom. The van der Waals surface area contributed by atoms with Gasteiger partial charge in [-0.05, 0) is 36.8 Å². The van der Waals surface area contributed by atoms with Crippen molar-refractivity contribution in [1.29, 1.82) is 0 Å². The lowest BCUT2D eigenvalue weighted by atomic mass is 10.1. The van der Waals surface area contributed by atoms with Gasteiger partial charge in [0.2, 0.25) is 0 Å². The average molecular weight is 478 g/mol. The third kappa shape index (κ3) is 5.86. The first-order valence-corrected chi connectivity index (χ1v) is 10.9. The molecule has 0 bridgehead atoms. The lowest BCUT2D eigenvalue weighted by molar-refractivity contribution is -0.139. The van der Waals surface area contributed by atoms with E-state index in [0.29, 0.717) is 17.7 Å². The lowest BCUT2D eigenvalue weighted by Gasteiger charge is -2.21. The Morgan fingerprint density at radius 3 is 2.64 bits per heavy atom. The van der Waals surface area contributed by atoms with Crippen molar-refractivity contribution in [3.05, 3.63) is 53.7 Å². The molecule has 0 radical (unpaired) electrons. The number of carbonyl (C=O) groups excluding carboxylic acids is 2. The second-order valence-corrected chi connectivity index (χ2v) is 7.83. The minimum absolute atomic E-state index is 0.0117. The van der Waals surface area contributed by atoms with E-state index in [0.717, 1.165) is 41.2 Å². The average Bonchev–Trinajstić information content (AvgIpc) is 3.27. The highest BCUT2D eigenvalue weighted by molar-refractivity contribution is 7.14. The standard InChI is InChI=1S/C22H21F3N4O3S/c1-2-3-4-10-32-18-8-7-15(11-16(18)22(23,24)25)29(20(31)19(26)30)21-28-17(13-33-21)14-6-5-9-27-12-14/h5-9,11-13H,2-4,10H2,1H3,(H2,26,30). The number of benzene rings is 1. The third-order valence-electron chi connectivity index (χ3n) is 4.59. The van der Waals surface area contributed by atoms with Gasteiger partial charge < -0.3 is 10.5 Å². The predicted octanol–water partition coefficient (Wildman–Crippen LogP) is 4.94. The number of aromatic nitrogens is 2. The Hall–Kier alpha value is -3.47. The number of thiazole rings is 1. The van der Waals surface area contributed by atoms with Crippen molar-refractivity contribution in [3.63, 3.8) is 0 Å². The Labute approximate surface area is 192 Å². The minimum Gasteiger partial charge on any atom is -0.493 e. The van der Waals surface area contributed by atoms with E-state index in [2.05, 4.69) is 9.97 Å². The zero-order chi connectivity index (χ0) is 24.0. The first-order chi connectivity index (χ1) is 15.7. The molecule has 0 atom stereocenters. The van der Waals surface area contributed by atoms with Crippen LogP contribution in [-0.4, -0.2) is 28.4 Å². The van der Waals surface area contributed by atoms with Gasteiger partial charge in [0.05, 0.1) is 23.6 Å². The number of carbonyl (C=O) groups is 2. The van der Waals surface area contributed by atoms with E-state index in [1.54, 1.807) is 29.9 Å². The summed E-state index contributed by atoms with van der Waals surface area (Å²) in [4.78, 5) is 33.3. The summed E-state index contributed by atoms with van der Waals surface area (Å²) in [5.41, 5.74) is 4.97. The van der Waals surface area contributed by atoms with Crippen LogP contribution in [0.15, 0.2) is 48.1 Å². The molecule has 2 N–H and O–H groups in total. The van der Waals surface area contributed by atoms with E-state index in [-0.39, 0.29) is 23.2 Å². The van der Waals surface area contributed by atoms with E-state index in [1.165, 1.54) is 6.07 Å². The van der Waals surface area contributed by atoms with Gasteiger partial charge >= 0.3 is 18.0 Å². The van der Waals surface area contributed by atoms with E-state index in [9.17, 15) is 22.8 Å². The van der Waals surface area contributed by atoms with Crippen LogP contribution in [0.1, 0.15) is 31.7 Å². The van der Waals surface area contributed by atoms with Gasteiger partial charge in [0.15, 0.2) is 5.13 Å². The van der Waals surface area contributed by atoms with Gasteiger partial charge in [0, 0.05) is 23.3 Å². The zero-order valence-electron chi connectivity index (χ0n) is 17.6. The lowest BCUT2D eigenvalue weighted by Crippen LogP contribution is -2.37. The van der Waals surface area contributed by atoms with Crippen LogP contribution in [0, 0.1) is 0 Å². The van der Waals surface area contributed by atoms with E-state index >= 15 is 0 Å². The molecular weight excluding hydrogens is 457 g/mol. The van der Waals surface area contributed by atoms with Crippen molar-refractivity contribution in [1.82, 2.24) is 9.97 Å². The number of ether oxygens (including phenoxy) is 1. The first kappa shape index (κ1) is 24.2. The molecule has 0 unspecified atom stereocenters. The Kier molecular flexibility index (Phi) is 7.64. The van der Waals surface area contributed by atoms with Gasteiger partial charge in [0.1, 0.15) is 5.75 Å². The number of primary amides is 1. The van der Waals surface area contributed by atoms with Gasteiger partial charge in [-0.25, -0.2) is 9.88 Å². The van der Waals surface area contributed by atoms with Crippen LogP contribution in [0.3, 0.4) is 0 Å². The van der Waals surface area contributed by atoms with Crippen molar-refractivity contribution in [2.24, 2.45) is 5.73 Å². The van der Waals surface area contributed by atoms with Gasteiger partial charge in [-0.3, -0.25) is 14.6 Å². The Bertz CT molecular complexity index is 1120. The molecule has 33 heavy (non-hydrogen) atoms. The summed E-state index contributed by atoms with van der Waals surface area (Å²) in [5.74, 6) is -2.91. The van der Waals surface area contributed by atoms with Crippen molar-refractivity contribution in [2.75, 3.05) is 11.5 Å². The molecule has 3 aromatic rings. The number of anilines is 2. The second kappa shape index (κ2) is 10.4. The Morgan fingerprint density at radius 1 is 1.21 bits per heavy atom. The van der Waals surface area contributed by atoms with Crippen LogP contribution in [-0.2, 0) is 15.8 Å². The van der Waals surface area contributed by atoms with Crippen LogP contribution < -0.4 is 15.4 Å². The number of nitrogens with zero attached hydrogens (tertiary/aromatic N) is 3. The molecular formula is C22H21F3N4O3S. The topological polar surface area (TPSA) is 98.4 Å². The number of rotatable bonds is 8. The maximum Gasteiger partial charge on any atom is 0.420 e. The second-order valence-electron chi connectivity index (χ2n) is 7.00. The predicted molar refractivity (Wildman–Crippen MR) is 118 cm³/mol. The molecule has 0 aliphatic carbocycles. The number of hydrogen-bond donors (Lipinski definition) is 1. The highest BCUT2D eigenvalue weighted by Crippen LogP contribution is 2.41. The fourth-order valence-corrected chi connectivity index (χ4v) is 3.83. The monoisotopic (exact) mass is 478 g/mol. The SMILES string of the molecule is CCCCCOc1ccc(N(C(=O)C(N)=O)c2nc(-c3cccnc3)cs2)cc1C(F)(F)F. The van der Waals surface area contributed by atoms with Gasteiger partial charge in [-0.2, -0.15) is 13.2 Å². The number of alkyl halides is 3. The Balaban J connectivity index is 2.02. The molecule has 11 heteroatoms. The summed E-state index contributed by atoms with van der Waals surface area (Å²) in [6, 6.07) is 6.56. The van der Waals surface area contributed by atoms with E-state index in [4.69, 9.17) is 10.5 Å². The molecule has 2 aromatic heterocycles. The van der Waals surface area contributed by atoms with E-state index < -0.39 is 23.6 Å². The smallest absolute Gasteiger partial charge is 0.420 e. The molecule has 0 aliphatic heterocycles. The molecule has 0 saturated heterocycles. The van der Waals surface area contributed by atoms with Gasteiger partial charge in [-0.15, -0.1) is 11.3 Å². The van der Waals surface area contributed by atoms with Crippen LogP contribution in [0.2, 0.25) is 0 Å². The molecule has 0 aliphatic rings. The summed E-state index contributed by atoms with van der Waals surface area (Å²) < 4.78 is 46.6. The number of nitrogens with two attached hydrogens (primary N) is 1. The summed E-state index contributed by atoms with van der Waals surface area (Å²) in [7, 11) is 0. The molecule has 2 heterocycles. The quantitative estimate of drug-likeness (QED) is 0.365. The summed E-state index contributed by atoms with van der Waals surface area (Å²) in [6.07, 6.45) is 0.701. The number of halogens is 3. The van der Waals surface area contributed by atoms with Crippen LogP contribution >= 0.6 is 11.3 Å². The molecule has 7 nitrogen and oxygen atoms in total. The summed E-state index contributed by atoms with van der Waals surface area (Å²) in [5, 5.41) is 1.59. The normalized spacial score (nSPS) is 11.3. The van der Waals surface area contributed by atoms with Crippen molar-refractivity contribution in [2.45, 2.75) is 32.4 Å². The van der Waals surface area contributed by atoms with Crippen LogP contribution in [0.4, 0.5) is 24.0 Å². The molecule has 2 amide bonds. The summed E-state index contributed by atoms with van der Waals surface area (Å²) >= 11 is 0.976. The number of hydrogen-bond acceptors (Lipinski definition) is 6. The minimum atomic E-state index is -4.75. The maximum atomic E-state index is 13.8. The van der Waals surface area contributed by atoms with Crippen molar-refractivity contribution in [3.8, 4) is 17.0 Å². The molecule has 0 spiro atoms. The van der Waals surface area contributed by atoms with Gasteiger partial charge in [0.25, 0.3) is 0 Å². The maximum absolute atomic E-state index is 13.8.